The summed E-state index contributed by atoms with van der Waals surface area (Å²) in [5.74, 6) is -0.0766. The van der Waals surface area contributed by atoms with Gasteiger partial charge in [0.1, 0.15) is 4.90 Å². The fourth-order valence-electron chi connectivity index (χ4n) is 3.37. The van der Waals surface area contributed by atoms with E-state index in [1.807, 2.05) is 7.05 Å². The van der Waals surface area contributed by atoms with Crippen LogP contribution in [0.2, 0.25) is 0 Å². The number of pyridine rings is 1. The van der Waals surface area contributed by atoms with E-state index in [9.17, 15) is 13.5 Å². The van der Waals surface area contributed by atoms with E-state index >= 15 is 0 Å². The average Bonchev–Trinajstić information content (AvgIpc) is 3.03. The largest absolute Gasteiger partial charge is 0.494 e. The van der Waals surface area contributed by atoms with Crippen LogP contribution in [0.1, 0.15) is 5.56 Å². The summed E-state index contributed by atoms with van der Waals surface area (Å²) in [4.78, 5) is 9.34. The zero-order valence-corrected chi connectivity index (χ0v) is 16.1. The highest BCUT2D eigenvalue weighted by Gasteiger charge is 2.28. The van der Waals surface area contributed by atoms with Crippen LogP contribution in [0.4, 0.5) is 0 Å². The molecule has 3 aromatic rings. The van der Waals surface area contributed by atoms with Crippen LogP contribution in [0.3, 0.4) is 0 Å². The lowest BCUT2D eigenvalue weighted by Crippen LogP contribution is -2.47. The molecule has 1 fully saturated rings. The lowest BCUT2D eigenvalue weighted by molar-refractivity contribution is 0.222. The smallest absolute Gasteiger partial charge is 0.244 e. The molecule has 4 rings (SSSR count). The van der Waals surface area contributed by atoms with Crippen LogP contribution in [0.15, 0.2) is 41.4 Å². The molecule has 2 aromatic heterocycles. The Bertz CT molecular complexity index is 1170. The van der Waals surface area contributed by atoms with E-state index in [1.165, 1.54) is 16.6 Å². The Kier molecular flexibility index (Phi) is 4.55. The van der Waals surface area contributed by atoms with Gasteiger partial charge in [-0.1, -0.05) is 6.07 Å². The molecule has 0 bridgehead atoms. The van der Waals surface area contributed by atoms with Crippen LogP contribution < -0.4 is 0 Å². The SMILES string of the molecule is CN1CCN(S(=O)(=O)c2ccc(-c3c(O)[nH]c4cc(C#N)ccc34)nc2)CC1. The van der Waals surface area contributed by atoms with E-state index in [0.29, 0.717) is 53.9 Å². The Hall–Kier alpha value is -2.93. The number of nitriles is 1. The van der Waals surface area contributed by atoms with Crippen molar-refractivity contribution in [3.8, 4) is 23.2 Å². The molecule has 28 heavy (non-hydrogen) atoms. The molecule has 0 atom stereocenters. The third-order valence-corrected chi connectivity index (χ3v) is 6.88. The molecule has 3 heterocycles. The number of H-pyrrole nitrogens is 1. The van der Waals surface area contributed by atoms with Gasteiger partial charge < -0.3 is 15.0 Å². The summed E-state index contributed by atoms with van der Waals surface area (Å²) in [5, 5.41) is 20.0. The van der Waals surface area contributed by atoms with Crippen molar-refractivity contribution in [2.45, 2.75) is 4.90 Å². The normalized spacial score (nSPS) is 16.3. The second-order valence-electron chi connectivity index (χ2n) is 6.81. The first-order valence-electron chi connectivity index (χ1n) is 8.80. The predicted octanol–water partition coefficient (Wildman–Crippen LogP) is 1.74. The number of aromatic hydroxyl groups is 1. The van der Waals surface area contributed by atoms with Gasteiger partial charge >= 0.3 is 0 Å². The number of hydrogen-bond acceptors (Lipinski definition) is 6. The van der Waals surface area contributed by atoms with Gasteiger partial charge in [-0.2, -0.15) is 9.57 Å². The number of benzene rings is 1. The van der Waals surface area contributed by atoms with E-state index < -0.39 is 10.0 Å². The molecule has 9 heteroatoms. The summed E-state index contributed by atoms with van der Waals surface area (Å²) in [7, 11) is -1.63. The second-order valence-corrected chi connectivity index (χ2v) is 8.75. The first kappa shape index (κ1) is 18.4. The van der Waals surface area contributed by atoms with Gasteiger partial charge in [-0.05, 0) is 31.3 Å². The minimum atomic E-state index is -3.59. The van der Waals surface area contributed by atoms with Gasteiger partial charge in [-0.15, -0.1) is 0 Å². The van der Waals surface area contributed by atoms with Gasteiger partial charge in [-0.25, -0.2) is 8.42 Å². The van der Waals surface area contributed by atoms with Crippen molar-refractivity contribution >= 4 is 20.9 Å². The predicted molar refractivity (Wildman–Crippen MR) is 104 cm³/mol. The molecule has 1 aliphatic rings. The maximum atomic E-state index is 12.8. The Balaban J connectivity index is 1.68. The number of nitrogens with zero attached hydrogens (tertiary/aromatic N) is 4. The van der Waals surface area contributed by atoms with E-state index in [0.717, 1.165) is 0 Å². The van der Waals surface area contributed by atoms with Crippen LogP contribution in [-0.2, 0) is 10.0 Å². The Labute approximate surface area is 162 Å². The van der Waals surface area contributed by atoms with Crippen LogP contribution in [0.5, 0.6) is 5.88 Å². The van der Waals surface area contributed by atoms with Crippen molar-refractivity contribution in [3.05, 3.63) is 42.1 Å². The van der Waals surface area contributed by atoms with Crippen LogP contribution in [-0.4, -0.2) is 65.9 Å². The van der Waals surface area contributed by atoms with Crippen molar-refractivity contribution in [1.29, 1.82) is 5.26 Å². The van der Waals surface area contributed by atoms with Gasteiger partial charge in [0.05, 0.1) is 28.4 Å². The Morgan fingerprint density at radius 1 is 1.18 bits per heavy atom. The molecule has 1 aliphatic heterocycles. The van der Waals surface area contributed by atoms with E-state index in [1.54, 1.807) is 24.3 Å². The number of rotatable bonds is 3. The van der Waals surface area contributed by atoms with Gasteiger partial charge in [0.15, 0.2) is 5.88 Å². The molecule has 0 radical (unpaired) electrons. The monoisotopic (exact) mass is 397 g/mol. The van der Waals surface area contributed by atoms with Crippen molar-refractivity contribution < 1.29 is 13.5 Å². The lowest BCUT2D eigenvalue weighted by atomic mass is 10.1. The zero-order valence-electron chi connectivity index (χ0n) is 15.3. The molecule has 1 aromatic carbocycles. The number of aromatic amines is 1. The highest BCUT2D eigenvalue weighted by Crippen LogP contribution is 2.36. The average molecular weight is 397 g/mol. The summed E-state index contributed by atoms with van der Waals surface area (Å²) >= 11 is 0. The van der Waals surface area contributed by atoms with Crippen molar-refractivity contribution in [2.75, 3.05) is 33.2 Å². The molecule has 0 saturated carbocycles. The first-order chi connectivity index (χ1) is 13.4. The Morgan fingerprint density at radius 3 is 2.57 bits per heavy atom. The van der Waals surface area contributed by atoms with Gasteiger partial charge in [-0.3, -0.25) is 4.98 Å². The molecule has 0 spiro atoms. The zero-order chi connectivity index (χ0) is 19.9. The summed E-state index contributed by atoms with van der Waals surface area (Å²) in [6.07, 6.45) is 1.32. The first-order valence-corrected chi connectivity index (χ1v) is 10.2. The van der Waals surface area contributed by atoms with Gasteiger partial charge in [0, 0.05) is 37.8 Å². The van der Waals surface area contributed by atoms with Crippen LogP contribution in [0.25, 0.3) is 22.2 Å². The number of fused-ring (bicyclic) bond motifs is 1. The summed E-state index contributed by atoms with van der Waals surface area (Å²) < 4.78 is 27.1. The molecule has 144 valence electrons. The van der Waals surface area contributed by atoms with Gasteiger partial charge in [0.2, 0.25) is 10.0 Å². The minimum Gasteiger partial charge on any atom is -0.494 e. The second kappa shape index (κ2) is 6.91. The third kappa shape index (κ3) is 3.11. The number of sulfonamides is 1. The Morgan fingerprint density at radius 2 is 1.93 bits per heavy atom. The number of nitrogens with one attached hydrogen (secondary N) is 1. The van der Waals surface area contributed by atoms with Crippen molar-refractivity contribution in [3.63, 3.8) is 0 Å². The molecular formula is C19H19N5O3S. The highest BCUT2D eigenvalue weighted by molar-refractivity contribution is 7.89. The van der Waals surface area contributed by atoms with Gasteiger partial charge in [0.25, 0.3) is 0 Å². The summed E-state index contributed by atoms with van der Waals surface area (Å²) in [6, 6.07) is 10.2. The van der Waals surface area contributed by atoms with E-state index in [2.05, 4.69) is 20.9 Å². The number of hydrogen-bond donors (Lipinski definition) is 2. The molecule has 0 aliphatic carbocycles. The number of aromatic nitrogens is 2. The third-order valence-electron chi connectivity index (χ3n) is 5.00. The fourth-order valence-corrected chi connectivity index (χ4v) is 4.74. The molecular weight excluding hydrogens is 378 g/mol. The number of piperazine rings is 1. The molecule has 0 unspecified atom stereocenters. The maximum absolute atomic E-state index is 12.8. The topological polar surface area (TPSA) is 113 Å². The molecule has 2 N–H and O–H groups in total. The molecule has 0 amide bonds. The van der Waals surface area contributed by atoms with E-state index in [-0.39, 0.29) is 10.8 Å². The van der Waals surface area contributed by atoms with E-state index in [4.69, 9.17) is 5.26 Å². The quantitative estimate of drug-likeness (QED) is 0.696. The number of likely N-dealkylation sites (N-methyl/N-ethyl adjacent to an activating group) is 1. The van der Waals surface area contributed by atoms with Crippen LogP contribution >= 0.6 is 0 Å². The summed E-state index contributed by atoms with van der Waals surface area (Å²) in [6.45, 7) is 2.29. The lowest BCUT2D eigenvalue weighted by Gasteiger charge is -2.31. The summed E-state index contributed by atoms with van der Waals surface area (Å²) in [5.41, 5.74) is 2.01. The maximum Gasteiger partial charge on any atom is 0.244 e. The molecule has 8 nitrogen and oxygen atoms in total. The fraction of sp³-hybridized carbons (Fsp3) is 0.263. The van der Waals surface area contributed by atoms with Crippen LogP contribution in [0, 0.1) is 11.3 Å². The molecule has 1 saturated heterocycles. The highest BCUT2D eigenvalue weighted by atomic mass is 32.2. The minimum absolute atomic E-state index is 0.0766. The standard InChI is InChI=1S/C19H19N5O3S/c1-23-6-8-24(9-7-23)28(26,27)14-3-5-16(21-12-14)18-15-4-2-13(11-20)10-17(15)22-19(18)25/h2-5,10,12,22,25H,6-9H2,1H3. The van der Waals surface area contributed by atoms with Crippen molar-refractivity contribution in [2.24, 2.45) is 0 Å². The van der Waals surface area contributed by atoms with Crippen molar-refractivity contribution in [1.82, 2.24) is 19.2 Å².